The van der Waals surface area contributed by atoms with Gasteiger partial charge in [-0.25, -0.2) is 9.37 Å². The Labute approximate surface area is 173 Å². The van der Waals surface area contributed by atoms with Crippen molar-refractivity contribution in [3.05, 3.63) is 47.9 Å². The SMILES string of the molecule is NC(=O)c1cc(F)c(N[C@@H]2CCCC[C@@H]2N)nc1Nc1cnc2cc(N)ccc2c1. The average Bonchev–Trinajstić information content (AvgIpc) is 2.71. The molecule has 0 spiro atoms. The molecule has 1 fully saturated rings. The molecule has 30 heavy (non-hydrogen) atoms. The molecule has 8 N–H and O–H groups in total. The second kappa shape index (κ2) is 8.11. The number of nitrogens with zero attached hydrogens (tertiary/aromatic N) is 2. The summed E-state index contributed by atoms with van der Waals surface area (Å²) in [5.41, 5.74) is 19.3. The van der Waals surface area contributed by atoms with Gasteiger partial charge in [0.05, 0.1) is 23.0 Å². The predicted octanol–water partition coefficient (Wildman–Crippen LogP) is 2.88. The van der Waals surface area contributed by atoms with Gasteiger partial charge in [-0.2, -0.15) is 0 Å². The Morgan fingerprint density at radius 3 is 2.70 bits per heavy atom. The number of amides is 1. The molecular formula is C21H24FN7O. The summed E-state index contributed by atoms with van der Waals surface area (Å²) in [6, 6.07) is 8.14. The van der Waals surface area contributed by atoms with Crippen molar-refractivity contribution in [1.82, 2.24) is 9.97 Å². The van der Waals surface area contributed by atoms with Gasteiger partial charge in [0.2, 0.25) is 0 Å². The lowest BCUT2D eigenvalue weighted by Crippen LogP contribution is -2.43. The minimum atomic E-state index is -0.786. The van der Waals surface area contributed by atoms with Gasteiger partial charge in [-0.3, -0.25) is 9.78 Å². The number of pyridine rings is 2. The van der Waals surface area contributed by atoms with Crippen molar-refractivity contribution in [2.45, 2.75) is 37.8 Å². The monoisotopic (exact) mass is 409 g/mol. The highest BCUT2D eigenvalue weighted by molar-refractivity contribution is 5.99. The number of rotatable bonds is 5. The van der Waals surface area contributed by atoms with Crippen molar-refractivity contribution in [1.29, 1.82) is 0 Å². The van der Waals surface area contributed by atoms with Gasteiger partial charge < -0.3 is 27.8 Å². The molecule has 2 heterocycles. The van der Waals surface area contributed by atoms with Crippen molar-refractivity contribution in [2.24, 2.45) is 11.5 Å². The average molecular weight is 409 g/mol. The smallest absolute Gasteiger partial charge is 0.252 e. The van der Waals surface area contributed by atoms with Crippen molar-refractivity contribution in [2.75, 3.05) is 16.4 Å². The number of primary amides is 1. The summed E-state index contributed by atoms with van der Waals surface area (Å²) in [5.74, 6) is -1.26. The summed E-state index contributed by atoms with van der Waals surface area (Å²) in [6.07, 6.45) is 5.37. The van der Waals surface area contributed by atoms with E-state index in [-0.39, 0.29) is 29.3 Å². The van der Waals surface area contributed by atoms with Gasteiger partial charge in [-0.15, -0.1) is 0 Å². The van der Waals surface area contributed by atoms with Gasteiger partial charge >= 0.3 is 0 Å². The number of hydrogen-bond acceptors (Lipinski definition) is 7. The second-order valence-corrected chi connectivity index (χ2v) is 7.58. The summed E-state index contributed by atoms with van der Waals surface area (Å²) in [6.45, 7) is 0. The van der Waals surface area contributed by atoms with Crippen LogP contribution in [0.2, 0.25) is 0 Å². The highest BCUT2D eigenvalue weighted by Crippen LogP contribution is 2.27. The van der Waals surface area contributed by atoms with E-state index in [9.17, 15) is 9.18 Å². The first-order valence-electron chi connectivity index (χ1n) is 9.85. The third kappa shape index (κ3) is 4.11. The zero-order valence-corrected chi connectivity index (χ0v) is 16.4. The van der Waals surface area contributed by atoms with E-state index < -0.39 is 11.7 Å². The standard InChI is InChI=1S/C21H24FN7O/c22-15-9-14(19(25)30)20(29-21(15)28-17-4-2-1-3-16(17)24)27-13-7-11-5-6-12(23)8-18(11)26-10-13/h5-10,16-17H,1-4,23-24H2,(H2,25,30)(H2,27,28,29)/t16-,17+/m0/s1. The number of halogens is 1. The fourth-order valence-electron chi connectivity index (χ4n) is 3.73. The van der Waals surface area contributed by atoms with Gasteiger partial charge in [0, 0.05) is 23.2 Å². The van der Waals surface area contributed by atoms with E-state index in [0.717, 1.165) is 42.7 Å². The Hall–Kier alpha value is -3.46. The quantitative estimate of drug-likeness (QED) is 0.407. The summed E-state index contributed by atoms with van der Waals surface area (Å²) in [4.78, 5) is 20.5. The Bertz CT molecular complexity index is 1100. The lowest BCUT2D eigenvalue weighted by atomic mass is 9.91. The third-order valence-electron chi connectivity index (χ3n) is 5.35. The number of hydrogen-bond donors (Lipinski definition) is 5. The highest BCUT2D eigenvalue weighted by atomic mass is 19.1. The molecular weight excluding hydrogens is 385 g/mol. The molecule has 1 aromatic carbocycles. The number of fused-ring (bicyclic) bond motifs is 1. The maximum atomic E-state index is 14.6. The molecule has 0 saturated heterocycles. The molecule has 2 aromatic heterocycles. The van der Waals surface area contributed by atoms with Crippen molar-refractivity contribution >= 4 is 39.8 Å². The summed E-state index contributed by atoms with van der Waals surface area (Å²) < 4.78 is 14.6. The molecule has 1 amide bonds. The van der Waals surface area contributed by atoms with Crippen molar-refractivity contribution < 1.29 is 9.18 Å². The molecule has 156 valence electrons. The first kappa shape index (κ1) is 19.8. The van der Waals surface area contributed by atoms with Crippen LogP contribution in [0.25, 0.3) is 10.9 Å². The molecule has 0 unspecified atom stereocenters. The van der Waals surface area contributed by atoms with Crippen molar-refractivity contribution in [3.63, 3.8) is 0 Å². The van der Waals surface area contributed by atoms with E-state index in [1.165, 1.54) is 0 Å². The van der Waals surface area contributed by atoms with Gasteiger partial charge in [-0.1, -0.05) is 18.9 Å². The van der Waals surface area contributed by atoms with E-state index in [0.29, 0.717) is 11.4 Å². The second-order valence-electron chi connectivity index (χ2n) is 7.58. The molecule has 1 aliphatic rings. The molecule has 0 radical (unpaired) electrons. The summed E-state index contributed by atoms with van der Waals surface area (Å²) >= 11 is 0. The number of nitrogens with two attached hydrogens (primary N) is 3. The summed E-state index contributed by atoms with van der Waals surface area (Å²) in [5, 5.41) is 6.98. The highest BCUT2D eigenvalue weighted by Gasteiger charge is 2.24. The normalized spacial score (nSPS) is 18.9. The Morgan fingerprint density at radius 2 is 1.93 bits per heavy atom. The van der Waals surface area contributed by atoms with E-state index in [1.54, 1.807) is 18.3 Å². The molecule has 1 saturated carbocycles. The molecule has 8 nitrogen and oxygen atoms in total. The van der Waals surface area contributed by atoms with Crippen LogP contribution < -0.4 is 27.8 Å². The topological polar surface area (TPSA) is 145 Å². The fraction of sp³-hybridized carbons (Fsp3) is 0.286. The molecule has 0 aliphatic heterocycles. The van der Waals surface area contributed by atoms with Gasteiger partial charge in [-0.05, 0) is 37.1 Å². The molecule has 1 aliphatic carbocycles. The number of aromatic nitrogens is 2. The number of benzene rings is 1. The van der Waals surface area contributed by atoms with Gasteiger partial charge in [0.15, 0.2) is 11.6 Å². The molecule has 2 atom stereocenters. The zero-order chi connectivity index (χ0) is 21.3. The lowest BCUT2D eigenvalue weighted by Gasteiger charge is -2.30. The van der Waals surface area contributed by atoms with Crippen LogP contribution in [-0.4, -0.2) is 28.0 Å². The molecule has 4 rings (SSSR count). The van der Waals surface area contributed by atoms with Crippen LogP contribution in [0, 0.1) is 5.82 Å². The van der Waals surface area contributed by atoms with E-state index in [2.05, 4.69) is 20.6 Å². The first-order valence-corrected chi connectivity index (χ1v) is 9.85. The maximum absolute atomic E-state index is 14.6. The van der Waals surface area contributed by atoms with Crippen molar-refractivity contribution in [3.8, 4) is 0 Å². The number of nitrogen functional groups attached to an aromatic ring is 1. The van der Waals surface area contributed by atoms with Gasteiger partial charge in [0.1, 0.15) is 5.82 Å². The number of anilines is 4. The minimum Gasteiger partial charge on any atom is -0.399 e. The van der Waals surface area contributed by atoms with Crippen LogP contribution in [0.3, 0.4) is 0 Å². The largest absolute Gasteiger partial charge is 0.399 e. The zero-order valence-electron chi connectivity index (χ0n) is 16.4. The van der Waals surface area contributed by atoms with E-state index >= 15 is 0 Å². The Balaban J connectivity index is 1.67. The van der Waals surface area contributed by atoms with E-state index in [1.807, 2.05) is 12.1 Å². The lowest BCUT2D eigenvalue weighted by molar-refractivity contribution is 0.100. The summed E-state index contributed by atoms with van der Waals surface area (Å²) in [7, 11) is 0. The first-order chi connectivity index (χ1) is 14.4. The molecule has 9 heteroatoms. The van der Waals surface area contributed by atoms with Crippen LogP contribution >= 0.6 is 0 Å². The molecule has 0 bridgehead atoms. The minimum absolute atomic E-state index is 0.0337. The number of nitrogens with one attached hydrogen (secondary N) is 2. The van der Waals surface area contributed by atoms with Gasteiger partial charge in [0.25, 0.3) is 5.91 Å². The van der Waals surface area contributed by atoms with Crippen LogP contribution in [-0.2, 0) is 0 Å². The van der Waals surface area contributed by atoms with Crippen LogP contribution in [0.4, 0.5) is 27.4 Å². The fourth-order valence-corrected chi connectivity index (χ4v) is 3.73. The molecule has 3 aromatic rings. The predicted molar refractivity (Wildman–Crippen MR) is 116 cm³/mol. The van der Waals surface area contributed by atoms with E-state index in [4.69, 9.17) is 17.2 Å². The number of carbonyl (C=O) groups excluding carboxylic acids is 1. The Morgan fingerprint density at radius 1 is 1.13 bits per heavy atom. The van der Waals surface area contributed by atoms with Crippen LogP contribution in [0.5, 0.6) is 0 Å². The van der Waals surface area contributed by atoms with Crippen LogP contribution in [0.1, 0.15) is 36.0 Å². The third-order valence-corrected chi connectivity index (χ3v) is 5.35. The Kier molecular flexibility index (Phi) is 5.37. The maximum Gasteiger partial charge on any atom is 0.252 e. The number of carbonyl (C=O) groups is 1. The van der Waals surface area contributed by atoms with Crippen LogP contribution in [0.15, 0.2) is 36.5 Å².